The molecule has 0 bridgehead atoms. The summed E-state index contributed by atoms with van der Waals surface area (Å²) in [5.41, 5.74) is 0.0575. The molecule has 0 spiro atoms. The van der Waals surface area contributed by atoms with Crippen LogP contribution in [0.15, 0.2) is 0 Å². The van der Waals surface area contributed by atoms with E-state index in [1.807, 2.05) is 0 Å². The molecule has 5 heteroatoms. The number of amides is 2. The van der Waals surface area contributed by atoms with E-state index in [1.165, 1.54) is 0 Å². The molecule has 0 aliphatic carbocycles. The lowest BCUT2D eigenvalue weighted by Crippen LogP contribution is -2.49. The molecule has 1 fully saturated rings. The number of nitrogens with one attached hydrogen (secondary N) is 2. The van der Waals surface area contributed by atoms with E-state index in [2.05, 4.69) is 50.4 Å². The van der Waals surface area contributed by atoms with E-state index in [-0.39, 0.29) is 17.5 Å². The summed E-state index contributed by atoms with van der Waals surface area (Å²) in [7, 11) is 4.11. The van der Waals surface area contributed by atoms with Gasteiger partial charge in [-0.15, -0.1) is 0 Å². The molecule has 2 atom stereocenters. The molecule has 0 aromatic carbocycles. The molecule has 1 aliphatic rings. The third-order valence-corrected chi connectivity index (χ3v) is 3.99. The Morgan fingerprint density at radius 1 is 1.38 bits per heavy atom. The van der Waals surface area contributed by atoms with E-state index in [9.17, 15) is 4.79 Å². The van der Waals surface area contributed by atoms with Gasteiger partial charge in [0.15, 0.2) is 0 Å². The lowest BCUT2D eigenvalue weighted by Gasteiger charge is -2.32. The van der Waals surface area contributed by atoms with E-state index in [1.54, 1.807) is 0 Å². The number of rotatable bonds is 7. The molecule has 5 nitrogen and oxygen atoms in total. The van der Waals surface area contributed by atoms with Crippen LogP contribution in [0.3, 0.4) is 0 Å². The fourth-order valence-electron chi connectivity index (χ4n) is 2.54. The lowest BCUT2D eigenvalue weighted by molar-refractivity contribution is 0.104. The molecule has 0 radical (unpaired) electrons. The van der Waals surface area contributed by atoms with Gasteiger partial charge in [0.2, 0.25) is 0 Å². The molecule has 1 aliphatic heterocycles. The van der Waals surface area contributed by atoms with Crippen LogP contribution in [0.5, 0.6) is 0 Å². The Balaban J connectivity index is 2.29. The van der Waals surface area contributed by atoms with Crippen molar-refractivity contribution >= 4 is 6.03 Å². The quantitative estimate of drug-likeness (QED) is 0.758. The van der Waals surface area contributed by atoms with Crippen molar-refractivity contribution in [2.45, 2.75) is 58.6 Å². The van der Waals surface area contributed by atoms with Crippen LogP contribution < -0.4 is 10.6 Å². The maximum atomic E-state index is 12.0. The average Bonchev–Trinajstić information content (AvgIpc) is 2.85. The second-order valence-corrected chi connectivity index (χ2v) is 7.33. The first-order valence-corrected chi connectivity index (χ1v) is 8.09. The highest BCUT2D eigenvalue weighted by atomic mass is 16.5. The summed E-state index contributed by atoms with van der Waals surface area (Å²) in [5.74, 6) is 0. The largest absolute Gasteiger partial charge is 0.378 e. The van der Waals surface area contributed by atoms with Gasteiger partial charge in [0.05, 0.1) is 6.10 Å². The number of hydrogen-bond acceptors (Lipinski definition) is 3. The van der Waals surface area contributed by atoms with Crippen LogP contribution in [0.25, 0.3) is 0 Å². The van der Waals surface area contributed by atoms with Crippen LogP contribution in [-0.2, 0) is 4.74 Å². The van der Waals surface area contributed by atoms with E-state index >= 15 is 0 Å². The molecule has 1 saturated heterocycles. The maximum absolute atomic E-state index is 12.0. The topological polar surface area (TPSA) is 53.6 Å². The summed E-state index contributed by atoms with van der Waals surface area (Å²) >= 11 is 0. The van der Waals surface area contributed by atoms with Crippen LogP contribution in [0, 0.1) is 5.41 Å². The Kier molecular flexibility index (Phi) is 7.46. The second-order valence-electron chi connectivity index (χ2n) is 7.33. The standard InChI is InChI=1S/C16H33N3O2/c1-16(2,3)14(9-11-19(4)5)18-15(20)17-10-8-13-7-6-12-21-13/h13-14H,6-12H2,1-5H3,(H2,17,18,20)/t13-,14+/m1/s1. The monoisotopic (exact) mass is 299 g/mol. The van der Waals surface area contributed by atoms with E-state index in [4.69, 9.17) is 4.74 Å². The Hall–Kier alpha value is -0.810. The predicted octanol–water partition coefficient (Wildman–Crippen LogP) is 2.22. The first-order chi connectivity index (χ1) is 9.79. The molecule has 0 unspecified atom stereocenters. The molecule has 0 aromatic rings. The van der Waals surface area contributed by atoms with Gasteiger partial charge in [-0.2, -0.15) is 0 Å². The summed E-state index contributed by atoms with van der Waals surface area (Å²) in [5, 5.41) is 6.08. The van der Waals surface area contributed by atoms with Crippen LogP contribution in [-0.4, -0.2) is 56.9 Å². The highest BCUT2D eigenvalue weighted by Gasteiger charge is 2.26. The molecular weight excluding hydrogens is 266 g/mol. The van der Waals surface area contributed by atoms with E-state index in [0.717, 1.165) is 38.8 Å². The summed E-state index contributed by atoms with van der Waals surface area (Å²) in [6.45, 7) is 9.02. The predicted molar refractivity (Wildman–Crippen MR) is 86.5 cm³/mol. The van der Waals surface area contributed by atoms with Crippen LogP contribution >= 0.6 is 0 Å². The van der Waals surface area contributed by atoms with Gasteiger partial charge in [-0.25, -0.2) is 4.79 Å². The molecule has 1 heterocycles. The Morgan fingerprint density at radius 2 is 2.10 bits per heavy atom. The van der Waals surface area contributed by atoms with Crippen molar-refractivity contribution in [1.82, 2.24) is 15.5 Å². The van der Waals surface area contributed by atoms with Crippen LogP contribution in [0.4, 0.5) is 4.79 Å². The van der Waals surface area contributed by atoms with Crippen molar-refractivity contribution in [2.24, 2.45) is 5.41 Å². The van der Waals surface area contributed by atoms with E-state index < -0.39 is 0 Å². The molecule has 21 heavy (non-hydrogen) atoms. The zero-order valence-electron chi connectivity index (χ0n) is 14.4. The Morgan fingerprint density at radius 3 is 2.62 bits per heavy atom. The minimum atomic E-state index is -0.0633. The van der Waals surface area contributed by atoms with Crippen molar-refractivity contribution in [3.8, 4) is 0 Å². The minimum Gasteiger partial charge on any atom is -0.378 e. The first kappa shape index (κ1) is 18.2. The summed E-state index contributed by atoms with van der Waals surface area (Å²) in [6.07, 6.45) is 4.46. The number of carbonyl (C=O) groups is 1. The van der Waals surface area contributed by atoms with Gasteiger partial charge in [0.25, 0.3) is 0 Å². The number of hydrogen-bond donors (Lipinski definition) is 2. The first-order valence-electron chi connectivity index (χ1n) is 8.09. The molecule has 2 N–H and O–H groups in total. The van der Waals surface area contributed by atoms with Gasteiger partial charge < -0.3 is 20.3 Å². The van der Waals surface area contributed by atoms with Crippen LogP contribution in [0.2, 0.25) is 0 Å². The minimum absolute atomic E-state index is 0.0575. The molecule has 124 valence electrons. The van der Waals surface area contributed by atoms with Gasteiger partial charge in [-0.1, -0.05) is 20.8 Å². The van der Waals surface area contributed by atoms with Crippen molar-refractivity contribution in [3.05, 3.63) is 0 Å². The number of nitrogens with zero attached hydrogens (tertiary/aromatic N) is 1. The van der Waals surface area contributed by atoms with Crippen molar-refractivity contribution in [1.29, 1.82) is 0 Å². The molecule has 1 rings (SSSR count). The highest BCUT2D eigenvalue weighted by molar-refractivity contribution is 5.74. The SMILES string of the molecule is CN(C)CC[C@H](NC(=O)NCC[C@H]1CCCO1)C(C)(C)C. The van der Waals surface area contributed by atoms with Crippen molar-refractivity contribution < 1.29 is 9.53 Å². The molecule has 0 aromatic heterocycles. The summed E-state index contributed by atoms with van der Waals surface area (Å²) < 4.78 is 5.56. The van der Waals surface area contributed by atoms with Crippen molar-refractivity contribution in [2.75, 3.05) is 33.8 Å². The zero-order valence-corrected chi connectivity index (χ0v) is 14.4. The summed E-state index contributed by atoms with van der Waals surface area (Å²) in [6, 6.07) is 0.106. The van der Waals surface area contributed by atoms with Gasteiger partial charge in [0.1, 0.15) is 0 Å². The third kappa shape index (κ3) is 7.67. The van der Waals surface area contributed by atoms with E-state index in [0.29, 0.717) is 12.6 Å². The Bertz CT molecular complexity index is 307. The maximum Gasteiger partial charge on any atom is 0.315 e. The summed E-state index contributed by atoms with van der Waals surface area (Å²) in [4.78, 5) is 14.2. The van der Waals surface area contributed by atoms with Gasteiger partial charge in [-0.05, 0) is 51.7 Å². The van der Waals surface area contributed by atoms with Gasteiger partial charge in [-0.3, -0.25) is 0 Å². The fourth-order valence-corrected chi connectivity index (χ4v) is 2.54. The average molecular weight is 299 g/mol. The Labute approximate surface area is 129 Å². The zero-order chi connectivity index (χ0) is 15.9. The number of ether oxygens (including phenoxy) is 1. The number of carbonyl (C=O) groups excluding carboxylic acids is 1. The normalized spacial score (nSPS) is 20.6. The second kappa shape index (κ2) is 8.59. The number of urea groups is 1. The smallest absolute Gasteiger partial charge is 0.315 e. The highest BCUT2D eigenvalue weighted by Crippen LogP contribution is 2.22. The third-order valence-electron chi connectivity index (χ3n) is 3.99. The molecule has 0 saturated carbocycles. The molecule has 2 amide bonds. The van der Waals surface area contributed by atoms with Gasteiger partial charge in [0, 0.05) is 19.2 Å². The van der Waals surface area contributed by atoms with Crippen molar-refractivity contribution in [3.63, 3.8) is 0 Å². The van der Waals surface area contributed by atoms with Gasteiger partial charge >= 0.3 is 6.03 Å². The molecular formula is C16H33N3O2. The lowest BCUT2D eigenvalue weighted by atomic mass is 9.85. The van der Waals surface area contributed by atoms with Crippen LogP contribution in [0.1, 0.15) is 46.5 Å². The fraction of sp³-hybridized carbons (Fsp3) is 0.938.